The van der Waals surface area contributed by atoms with Gasteiger partial charge in [0.1, 0.15) is 0 Å². The van der Waals surface area contributed by atoms with Crippen LogP contribution < -0.4 is 4.90 Å². The van der Waals surface area contributed by atoms with Crippen LogP contribution in [0.4, 0.5) is 5.13 Å². The van der Waals surface area contributed by atoms with Gasteiger partial charge in [-0.05, 0) is 63.3 Å². The van der Waals surface area contributed by atoms with Crippen molar-refractivity contribution in [3.8, 4) is 0 Å². The number of benzene rings is 2. The van der Waals surface area contributed by atoms with Crippen molar-refractivity contribution in [3.63, 3.8) is 0 Å². The number of hydrogen-bond donors (Lipinski definition) is 0. The van der Waals surface area contributed by atoms with Crippen molar-refractivity contribution >= 4 is 55.8 Å². The van der Waals surface area contributed by atoms with Crippen LogP contribution in [-0.2, 0) is 0 Å². The van der Waals surface area contributed by atoms with Crippen LogP contribution in [0.3, 0.4) is 0 Å². The van der Waals surface area contributed by atoms with Crippen LogP contribution in [0.25, 0.3) is 10.2 Å². The van der Waals surface area contributed by atoms with E-state index in [1.165, 1.54) is 16.9 Å². The van der Waals surface area contributed by atoms with Crippen LogP contribution in [-0.4, -0.2) is 43.0 Å². The molecule has 7 heteroatoms. The Balaban J connectivity index is 2.05. The molecular weight excluding hydrogens is 401 g/mol. The minimum atomic E-state index is -0.158. The number of nitrogens with zero attached hydrogens (tertiary/aromatic N) is 3. The molecule has 1 heterocycles. The second kappa shape index (κ2) is 8.15. The van der Waals surface area contributed by atoms with Gasteiger partial charge < -0.3 is 4.90 Å². The molecule has 3 rings (SSSR count). The van der Waals surface area contributed by atoms with Crippen LogP contribution >= 0.6 is 34.5 Å². The molecule has 0 radical (unpaired) electrons. The lowest BCUT2D eigenvalue weighted by Gasteiger charge is -2.22. The van der Waals surface area contributed by atoms with Crippen LogP contribution in [0.2, 0.25) is 10.0 Å². The topological polar surface area (TPSA) is 36.4 Å². The van der Waals surface area contributed by atoms with Crippen LogP contribution in [0.5, 0.6) is 0 Å². The fourth-order valence-electron chi connectivity index (χ4n) is 2.90. The van der Waals surface area contributed by atoms with E-state index in [2.05, 4.69) is 13.0 Å². The van der Waals surface area contributed by atoms with Crippen LogP contribution in [0.15, 0.2) is 30.3 Å². The Morgan fingerprint density at radius 1 is 1.04 bits per heavy atom. The average Bonchev–Trinajstić information content (AvgIpc) is 2.97. The number of thiazole rings is 1. The molecule has 0 unspecified atom stereocenters. The van der Waals surface area contributed by atoms with E-state index in [-0.39, 0.29) is 5.91 Å². The van der Waals surface area contributed by atoms with Crippen LogP contribution in [0, 0.1) is 13.8 Å². The zero-order chi connectivity index (χ0) is 19.7. The van der Waals surface area contributed by atoms with Gasteiger partial charge >= 0.3 is 0 Å². The lowest BCUT2D eigenvalue weighted by atomic mass is 10.1. The third kappa shape index (κ3) is 4.61. The van der Waals surface area contributed by atoms with Gasteiger partial charge in [-0.25, -0.2) is 4.98 Å². The molecule has 0 atom stereocenters. The third-order valence-corrected chi connectivity index (χ3v) is 5.83. The maximum absolute atomic E-state index is 13.2. The summed E-state index contributed by atoms with van der Waals surface area (Å²) in [5.41, 5.74) is 3.70. The highest BCUT2D eigenvalue weighted by atomic mass is 35.5. The summed E-state index contributed by atoms with van der Waals surface area (Å²) in [5, 5.41) is 1.56. The Kier molecular flexibility index (Phi) is 6.06. The lowest BCUT2D eigenvalue weighted by molar-refractivity contribution is 0.0985. The van der Waals surface area contributed by atoms with E-state index in [9.17, 15) is 4.79 Å². The van der Waals surface area contributed by atoms with Crippen molar-refractivity contribution in [2.45, 2.75) is 13.8 Å². The molecule has 1 amide bonds. The first-order chi connectivity index (χ1) is 12.7. The van der Waals surface area contributed by atoms with Gasteiger partial charge in [0.05, 0.1) is 10.2 Å². The van der Waals surface area contributed by atoms with E-state index in [0.717, 1.165) is 15.8 Å². The number of amides is 1. The number of aromatic nitrogens is 1. The van der Waals surface area contributed by atoms with Crippen molar-refractivity contribution in [1.82, 2.24) is 9.88 Å². The molecule has 0 aliphatic rings. The molecule has 0 aliphatic carbocycles. The maximum Gasteiger partial charge on any atom is 0.260 e. The lowest BCUT2D eigenvalue weighted by Crippen LogP contribution is -2.36. The van der Waals surface area contributed by atoms with E-state index < -0.39 is 0 Å². The highest BCUT2D eigenvalue weighted by Crippen LogP contribution is 2.33. The molecule has 3 aromatic rings. The third-order valence-electron chi connectivity index (χ3n) is 4.17. The zero-order valence-corrected chi connectivity index (χ0v) is 18.0. The van der Waals surface area contributed by atoms with Gasteiger partial charge in [-0.2, -0.15) is 0 Å². The first-order valence-corrected chi connectivity index (χ1v) is 10.1. The molecule has 0 bridgehead atoms. The Bertz CT molecular complexity index is 980. The number of aryl methyl sites for hydroxylation is 2. The first kappa shape index (κ1) is 20.1. The first-order valence-electron chi connectivity index (χ1n) is 8.55. The van der Waals surface area contributed by atoms with Gasteiger partial charge in [0, 0.05) is 28.7 Å². The standard InChI is InChI=1S/C20H21Cl2N3OS/c1-12-7-13(2)18-17(8-12)23-20(27-18)25(6-5-24(3)4)19(26)14-9-15(21)11-16(22)10-14/h7-11H,5-6H2,1-4H3. The number of fused-ring (bicyclic) bond motifs is 1. The highest BCUT2D eigenvalue weighted by molar-refractivity contribution is 7.22. The molecule has 0 N–H and O–H groups in total. The van der Waals surface area contributed by atoms with Crippen molar-refractivity contribution in [2.75, 3.05) is 32.1 Å². The van der Waals surface area contributed by atoms with Gasteiger partial charge in [-0.3, -0.25) is 9.69 Å². The molecule has 0 spiro atoms. The van der Waals surface area contributed by atoms with Gasteiger partial charge in [0.25, 0.3) is 5.91 Å². The Morgan fingerprint density at radius 3 is 2.33 bits per heavy atom. The molecule has 1 aromatic heterocycles. The highest BCUT2D eigenvalue weighted by Gasteiger charge is 2.22. The number of likely N-dealkylation sites (N-methyl/N-ethyl adjacent to an activating group) is 1. The number of hydrogen-bond acceptors (Lipinski definition) is 4. The monoisotopic (exact) mass is 421 g/mol. The summed E-state index contributed by atoms with van der Waals surface area (Å²) in [7, 11) is 3.95. The fourth-order valence-corrected chi connectivity index (χ4v) is 4.46. The van der Waals surface area contributed by atoms with Gasteiger partial charge in [0.15, 0.2) is 5.13 Å². The predicted molar refractivity (Wildman–Crippen MR) is 116 cm³/mol. The fraction of sp³-hybridized carbons (Fsp3) is 0.300. The van der Waals surface area contributed by atoms with Crippen molar-refractivity contribution in [1.29, 1.82) is 0 Å². The minimum Gasteiger partial charge on any atom is -0.308 e. The molecule has 2 aromatic carbocycles. The normalized spacial score (nSPS) is 11.4. The molecule has 27 heavy (non-hydrogen) atoms. The quantitative estimate of drug-likeness (QED) is 0.550. The molecule has 4 nitrogen and oxygen atoms in total. The van der Waals surface area contributed by atoms with Gasteiger partial charge in [-0.1, -0.05) is 40.6 Å². The summed E-state index contributed by atoms with van der Waals surface area (Å²) in [5.74, 6) is -0.158. The summed E-state index contributed by atoms with van der Waals surface area (Å²) in [6.45, 7) is 5.36. The predicted octanol–water partition coefficient (Wildman–Crippen LogP) is 5.43. The second-order valence-corrected chi connectivity index (χ2v) is 8.70. The number of carbonyl (C=O) groups excluding carboxylic acids is 1. The Hall–Kier alpha value is -1.66. The SMILES string of the molecule is Cc1cc(C)c2sc(N(CCN(C)C)C(=O)c3cc(Cl)cc(Cl)c3)nc2c1. The van der Waals surface area contributed by atoms with Gasteiger partial charge in [0.2, 0.25) is 0 Å². The maximum atomic E-state index is 13.2. The number of halogens is 2. The van der Waals surface area contributed by atoms with Gasteiger partial charge in [-0.15, -0.1) is 0 Å². The van der Waals surface area contributed by atoms with E-state index in [4.69, 9.17) is 28.2 Å². The minimum absolute atomic E-state index is 0.158. The molecule has 0 saturated carbocycles. The van der Waals surface area contributed by atoms with Crippen molar-refractivity contribution in [3.05, 3.63) is 57.1 Å². The largest absolute Gasteiger partial charge is 0.308 e. The summed E-state index contributed by atoms with van der Waals surface area (Å²) in [6.07, 6.45) is 0. The Labute approximate surface area is 173 Å². The molecule has 142 valence electrons. The van der Waals surface area contributed by atoms with E-state index >= 15 is 0 Å². The Morgan fingerprint density at radius 2 is 1.70 bits per heavy atom. The summed E-state index contributed by atoms with van der Waals surface area (Å²) >= 11 is 13.7. The molecular formula is C20H21Cl2N3OS. The number of rotatable bonds is 5. The summed E-state index contributed by atoms with van der Waals surface area (Å²) < 4.78 is 1.10. The smallest absolute Gasteiger partial charge is 0.260 e. The van der Waals surface area contributed by atoms with Crippen molar-refractivity contribution in [2.24, 2.45) is 0 Å². The van der Waals surface area contributed by atoms with E-state index in [0.29, 0.717) is 33.8 Å². The molecule has 0 saturated heterocycles. The molecule has 0 aliphatic heterocycles. The second-order valence-electron chi connectivity index (χ2n) is 6.84. The van der Waals surface area contributed by atoms with E-state index in [1.807, 2.05) is 32.0 Å². The average molecular weight is 422 g/mol. The number of anilines is 1. The molecule has 0 fully saturated rings. The summed E-state index contributed by atoms with van der Waals surface area (Å²) in [6, 6.07) is 9.08. The zero-order valence-electron chi connectivity index (χ0n) is 15.7. The van der Waals surface area contributed by atoms with Crippen LogP contribution in [0.1, 0.15) is 21.5 Å². The summed E-state index contributed by atoms with van der Waals surface area (Å²) in [4.78, 5) is 21.7. The van der Waals surface area contributed by atoms with E-state index in [1.54, 1.807) is 23.1 Å². The van der Waals surface area contributed by atoms with Crippen molar-refractivity contribution < 1.29 is 4.79 Å². The number of carbonyl (C=O) groups is 1.